The van der Waals surface area contributed by atoms with Crippen molar-refractivity contribution in [3.8, 4) is 0 Å². The maximum atomic E-state index is 2.37. The van der Waals surface area contributed by atoms with E-state index >= 15 is 0 Å². The predicted octanol–water partition coefficient (Wildman–Crippen LogP) is 17.6. The second kappa shape index (κ2) is 39.2. The van der Waals surface area contributed by atoms with Crippen molar-refractivity contribution in [2.24, 2.45) is 0 Å². The monoisotopic (exact) mass is 741 g/mol. The molecule has 0 radical (unpaired) electrons. The molecule has 0 saturated carbocycles. The summed E-state index contributed by atoms with van der Waals surface area (Å²) >= 11 is -2.06. The molecule has 0 aromatic heterocycles. The first-order valence-corrected chi connectivity index (χ1v) is 30.3. The van der Waals surface area contributed by atoms with Crippen molar-refractivity contribution in [2.45, 2.75) is 277 Å². The van der Waals surface area contributed by atoms with Crippen molar-refractivity contribution in [1.82, 2.24) is 0 Å². The molecule has 0 N–H and O–H groups in total. The average molecular weight is 740 g/mol. The van der Waals surface area contributed by atoms with Gasteiger partial charge in [-0.25, -0.2) is 0 Å². The van der Waals surface area contributed by atoms with E-state index in [9.17, 15) is 0 Å². The van der Waals surface area contributed by atoms with E-state index in [0.29, 0.717) is 0 Å². The molecule has 0 atom stereocenters. The first-order chi connectivity index (χ1) is 22.2. The molecule has 0 heterocycles. The van der Waals surface area contributed by atoms with E-state index in [1.165, 1.54) is 180 Å². The van der Waals surface area contributed by atoms with Gasteiger partial charge in [0.25, 0.3) is 0 Å². The van der Waals surface area contributed by atoms with Crippen LogP contribution in [0, 0.1) is 0 Å². The molecule has 0 unspecified atom stereocenters. The van der Waals surface area contributed by atoms with E-state index in [4.69, 9.17) is 0 Å². The Morgan fingerprint density at radius 3 is 0.467 bits per heavy atom. The summed E-state index contributed by atoms with van der Waals surface area (Å²) in [5.41, 5.74) is 0. The summed E-state index contributed by atoms with van der Waals surface area (Å²) in [7, 11) is 0. The first-order valence-electron chi connectivity index (χ1n) is 22.2. The average Bonchev–Trinajstić information content (AvgIpc) is 3.05. The van der Waals surface area contributed by atoms with Crippen LogP contribution in [0.1, 0.15) is 259 Å². The van der Waals surface area contributed by atoms with Gasteiger partial charge in [0.15, 0.2) is 0 Å². The van der Waals surface area contributed by atoms with Crippen molar-refractivity contribution in [2.75, 3.05) is 0 Å². The first kappa shape index (κ1) is 45.8. The fourth-order valence-corrected chi connectivity index (χ4v) is 23.7. The molecular weight excluding hydrogens is 647 g/mol. The number of hydrogen-bond donors (Lipinski definition) is 0. The zero-order valence-electron chi connectivity index (χ0n) is 32.8. The van der Waals surface area contributed by atoms with Gasteiger partial charge in [-0.3, -0.25) is 0 Å². The van der Waals surface area contributed by atoms with E-state index in [2.05, 4.69) is 27.7 Å². The Bertz CT molecular complexity index is 453. The molecule has 1 heteroatoms. The van der Waals surface area contributed by atoms with Crippen LogP contribution in [-0.2, 0) is 0 Å². The molecule has 0 saturated heterocycles. The summed E-state index contributed by atoms with van der Waals surface area (Å²) in [6, 6.07) is 0. The van der Waals surface area contributed by atoms with E-state index < -0.39 is 18.4 Å². The summed E-state index contributed by atoms with van der Waals surface area (Å²) in [6.45, 7) is 9.38. The summed E-state index contributed by atoms with van der Waals surface area (Å²) in [5, 5.41) is 0. The van der Waals surface area contributed by atoms with Crippen LogP contribution in [0.2, 0.25) is 17.7 Å². The third kappa shape index (κ3) is 34.5. The van der Waals surface area contributed by atoms with E-state index in [-0.39, 0.29) is 0 Å². The van der Waals surface area contributed by atoms with Crippen molar-refractivity contribution in [3.05, 3.63) is 0 Å². The molecule has 0 amide bonds. The van der Waals surface area contributed by atoms with E-state index in [1.807, 2.05) is 0 Å². The number of unbranched alkanes of at least 4 members (excludes halogenated alkanes) is 32. The standard InChI is InChI=1S/3C12H25.C8H17.Sn/c3*1-3-5-7-9-11-12-10-8-6-4-2;1-3-5-7-8-6-4-2;/h3*1,3-12H2,2H3;1,3-8H2,2H3;. The molecule has 0 aromatic rings. The Kier molecular flexibility index (Phi) is 39.9. The second-order valence-corrected chi connectivity index (χ2v) is 30.1. The third-order valence-corrected chi connectivity index (χ3v) is 27.4. The molecule has 0 aromatic carbocycles. The van der Waals surface area contributed by atoms with Crippen LogP contribution in [0.25, 0.3) is 0 Å². The molecule has 0 aliphatic carbocycles. The Labute approximate surface area is 293 Å². The molecule has 0 bridgehead atoms. The van der Waals surface area contributed by atoms with Crippen LogP contribution >= 0.6 is 0 Å². The Balaban J connectivity index is 4.77. The van der Waals surface area contributed by atoms with Crippen molar-refractivity contribution in [3.63, 3.8) is 0 Å². The SMILES string of the molecule is CCCCCCCCCCC[CH2][Sn]([CH2]CCCCCCC)([CH2]CCCCCCCCCCC)[CH2]CCCCCCCCCCC. The van der Waals surface area contributed by atoms with E-state index in [1.54, 1.807) is 69.1 Å². The van der Waals surface area contributed by atoms with Crippen LogP contribution in [0.15, 0.2) is 0 Å². The second-order valence-electron chi connectivity index (χ2n) is 15.8. The van der Waals surface area contributed by atoms with Gasteiger partial charge < -0.3 is 0 Å². The summed E-state index contributed by atoms with van der Waals surface area (Å²) < 4.78 is 7.03. The van der Waals surface area contributed by atoms with Crippen LogP contribution < -0.4 is 0 Å². The van der Waals surface area contributed by atoms with Crippen molar-refractivity contribution >= 4 is 18.4 Å². The topological polar surface area (TPSA) is 0 Å². The molecule has 272 valence electrons. The van der Waals surface area contributed by atoms with Crippen molar-refractivity contribution < 1.29 is 0 Å². The fraction of sp³-hybridized carbons (Fsp3) is 1.00. The van der Waals surface area contributed by atoms with Gasteiger partial charge in [-0.2, -0.15) is 0 Å². The van der Waals surface area contributed by atoms with Gasteiger partial charge in [0.2, 0.25) is 0 Å². The minimum atomic E-state index is -2.06. The zero-order chi connectivity index (χ0) is 32.8. The van der Waals surface area contributed by atoms with Crippen molar-refractivity contribution in [1.29, 1.82) is 0 Å². The molecular formula is C44H92Sn. The Morgan fingerprint density at radius 1 is 0.178 bits per heavy atom. The number of rotatable bonds is 40. The molecule has 45 heavy (non-hydrogen) atoms. The summed E-state index contributed by atoms with van der Waals surface area (Å²) in [4.78, 5) is 0. The van der Waals surface area contributed by atoms with Crippen LogP contribution in [0.5, 0.6) is 0 Å². The van der Waals surface area contributed by atoms with Crippen LogP contribution in [-0.4, -0.2) is 18.4 Å². The molecule has 0 rings (SSSR count). The molecule has 0 aliphatic heterocycles. The molecule has 0 aliphatic rings. The molecule has 0 spiro atoms. The molecule has 0 fully saturated rings. The number of hydrogen-bond acceptors (Lipinski definition) is 0. The van der Waals surface area contributed by atoms with Crippen LogP contribution in [0.4, 0.5) is 0 Å². The zero-order valence-corrected chi connectivity index (χ0v) is 35.6. The van der Waals surface area contributed by atoms with Gasteiger partial charge in [-0.05, 0) is 0 Å². The fourth-order valence-electron chi connectivity index (χ4n) is 7.99. The quantitative estimate of drug-likeness (QED) is 0.0434. The van der Waals surface area contributed by atoms with Gasteiger partial charge in [0.1, 0.15) is 0 Å². The summed E-state index contributed by atoms with van der Waals surface area (Å²) in [6.07, 6.45) is 54.1. The Morgan fingerprint density at radius 2 is 0.311 bits per heavy atom. The minimum absolute atomic E-state index is 1.38. The third-order valence-electron chi connectivity index (χ3n) is 11.2. The van der Waals surface area contributed by atoms with Gasteiger partial charge in [-0.1, -0.05) is 0 Å². The van der Waals surface area contributed by atoms with Gasteiger partial charge >= 0.3 is 295 Å². The Hall–Kier alpha value is 0.799. The predicted molar refractivity (Wildman–Crippen MR) is 214 cm³/mol. The van der Waals surface area contributed by atoms with Gasteiger partial charge in [-0.15, -0.1) is 0 Å². The molecule has 0 nitrogen and oxygen atoms in total. The summed E-state index contributed by atoms with van der Waals surface area (Å²) in [5.74, 6) is 0. The van der Waals surface area contributed by atoms with Crippen LogP contribution in [0.3, 0.4) is 0 Å². The maximum absolute atomic E-state index is 2.37. The van der Waals surface area contributed by atoms with E-state index in [0.717, 1.165) is 0 Å². The van der Waals surface area contributed by atoms with Gasteiger partial charge in [0.05, 0.1) is 0 Å². The van der Waals surface area contributed by atoms with Gasteiger partial charge in [0, 0.05) is 0 Å². The normalized spacial score (nSPS) is 12.0.